The Bertz CT molecular complexity index is 486. The van der Waals surface area contributed by atoms with Crippen molar-refractivity contribution in [2.24, 2.45) is 0 Å². The Kier molecular flexibility index (Phi) is 21.4. The van der Waals surface area contributed by atoms with E-state index in [0.29, 0.717) is 25.9 Å². The van der Waals surface area contributed by atoms with Gasteiger partial charge in [-0.2, -0.15) is 0 Å². The van der Waals surface area contributed by atoms with Crippen LogP contribution in [-0.4, -0.2) is 48.6 Å². The van der Waals surface area contributed by atoms with Gasteiger partial charge in [-0.15, -0.1) is 0 Å². The molecule has 4 N–H and O–H groups in total. The van der Waals surface area contributed by atoms with E-state index in [-0.39, 0.29) is 18.2 Å². The van der Waals surface area contributed by atoms with Crippen LogP contribution in [0.3, 0.4) is 0 Å². The van der Waals surface area contributed by atoms with Crippen LogP contribution in [0.4, 0.5) is 0 Å². The van der Waals surface area contributed by atoms with Crippen LogP contribution in [-0.2, 0) is 14.4 Å². The van der Waals surface area contributed by atoms with Crippen LogP contribution in [0.5, 0.6) is 0 Å². The van der Waals surface area contributed by atoms with Crippen LogP contribution in [0.15, 0.2) is 0 Å². The Balaban J connectivity index is 3.52. The standard InChI is InChI=1S/C25H49N3O4/c1-3-5-6-7-8-9-10-11-14-17-23(29)27-20-15-12-13-16-21-28-25(32)22(26-4-2)18-19-24(30)31/h22,26H,3-21H2,1-2H3,(H,27,29)(H,28,32)(H,30,31). The zero-order chi connectivity index (χ0) is 23.9. The first-order valence-corrected chi connectivity index (χ1v) is 13.0. The molecule has 0 radical (unpaired) electrons. The Hall–Kier alpha value is -1.63. The first-order valence-electron chi connectivity index (χ1n) is 13.0. The molecular formula is C25H49N3O4. The lowest BCUT2D eigenvalue weighted by Crippen LogP contribution is -2.44. The van der Waals surface area contributed by atoms with Gasteiger partial charge in [0.25, 0.3) is 0 Å². The molecule has 0 aromatic heterocycles. The van der Waals surface area contributed by atoms with Gasteiger partial charge >= 0.3 is 5.97 Å². The number of carbonyl (C=O) groups is 3. The number of nitrogens with one attached hydrogen (secondary N) is 3. The number of hydrogen-bond donors (Lipinski definition) is 4. The summed E-state index contributed by atoms with van der Waals surface area (Å²) in [6.07, 6.45) is 16.1. The molecular weight excluding hydrogens is 406 g/mol. The lowest BCUT2D eigenvalue weighted by molar-refractivity contribution is -0.137. The molecule has 0 aliphatic rings. The fourth-order valence-electron chi connectivity index (χ4n) is 3.69. The van der Waals surface area contributed by atoms with Crippen molar-refractivity contribution in [3.63, 3.8) is 0 Å². The lowest BCUT2D eigenvalue weighted by Gasteiger charge is -2.16. The van der Waals surface area contributed by atoms with E-state index in [1.54, 1.807) is 0 Å². The Labute approximate surface area is 195 Å². The normalized spacial score (nSPS) is 11.8. The van der Waals surface area contributed by atoms with E-state index in [1.807, 2.05) is 6.92 Å². The molecule has 0 saturated heterocycles. The number of carboxylic acid groups (broad SMARTS) is 1. The van der Waals surface area contributed by atoms with Gasteiger partial charge in [-0.25, -0.2) is 0 Å². The number of aliphatic carboxylic acids is 1. The highest BCUT2D eigenvalue weighted by atomic mass is 16.4. The molecule has 0 aliphatic heterocycles. The van der Waals surface area contributed by atoms with Crippen LogP contribution < -0.4 is 16.0 Å². The van der Waals surface area contributed by atoms with Crippen molar-refractivity contribution in [3.8, 4) is 0 Å². The molecule has 0 aromatic carbocycles. The van der Waals surface area contributed by atoms with Crippen molar-refractivity contribution in [3.05, 3.63) is 0 Å². The Morgan fingerprint density at radius 3 is 1.78 bits per heavy atom. The monoisotopic (exact) mass is 455 g/mol. The molecule has 1 unspecified atom stereocenters. The maximum atomic E-state index is 12.1. The van der Waals surface area contributed by atoms with Crippen molar-refractivity contribution < 1.29 is 19.5 Å². The molecule has 2 amide bonds. The van der Waals surface area contributed by atoms with E-state index < -0.39 is 12.0 Å². The summed E-state index contributed by atoms with van der Waals surface area (Å²) in [5.74, 6) is -0.853. The lowest BCUT2D eigenvalue weighted by atomic mass is 10.1. The minimum atomic E-state index is -0.888. The van der Waals surface area contributed by atoms with Gasteiger partial charge in [0.05, 0.1) is 6.04 Å². The first-order chi connectivity index (χ1) is 15.5. The molecule has 0 aliphatic carbocycles. The molecule has 0 heterocycles. The van der Waals surface area contributed by atoms with Gasteiger partial charge in [0.2, 0.25) is 11.8 Å². The Morgan fingerprint density at radius 2 is 1.22 bits per heavy atom. The van der Waals surface area contributed by atoms with Gasteiger partial charge in [0, 0.05) is 25.9 Å². The zero-order valence-corrected chi connectivity index (χ0v) is 20.7. The van der Waals surface area contributed by atoms with E-state index >= 15 is 0 Å². The molecule has 0 bridgehead atoms. The van der Waals surface area contributed by atoms with E-state index in [2.05, 4.69) is 22.9 Å². The highest BCUT2D eigenvalue weighted by molar-refractivity contribution is 5.82. The topological polar surface area (TPSA) is 108 Å². The van der Waals surface area contributed by atoms with Crippen LogP contribution in [0.25, 0.3) is 0 Å². The number of unbranched alkanes of at least 4 members (excludes halogenated alkanes) is 11. The average molecular weight is 456 g/mol. The van der Waals surface area contributed by atoms with E-state index in [0.717, 1.165) is 45.1 Å². The van der Waals surface area contributed by atoms with Gasteiger partial charge in [0.1, 0.15) is 0 Å². The number of rotatable bonds is 23. The van der Waals surface area contributed by atoms with Gasteiger partial charge in [-0.1, -0.05) is 78.1 Å². The highest BCUT2D eigenvalue weighted by Gasteiger charge is 2.17. The smallest absolute Gasteiger partial charge is 0.303 e. The number of hydrogen-bond acceptors (Lipinski definition) is 4. The predicted molar refractivity (Wildman–Crippen MR) is 131 cm³/mol. The molecule has 188 valence electrons. The molecule has 7 nitrogen and oxygen atoms in total. The van der Waals surface area contributed by atoms with Crippen LogP contribution >= 0.6 is 0 Å². The summed E-state index contributed by atoms with van der Waals surface area (Å²) in [4.78, 5) is 34.7. The number of amides is 2. The summed E-state index contributed by atoms with van der Waals surface area (Å²) in [6.45, 7) is 6.08. The molecule has 0 saturated carbocycles. The molecule has 1 atom stereocenters. The van der Waals surface area contributed by atoms with Gasteiger partial charge < -0.3 is 21.1 Å². The van der Waals surface area contributed by atoms with Gasteiger partial charge in [-0.05, 0) is 32.2 Å². The van der Waals surface area contributed by atoms with Crippen LogP contribution in [0.2, 0.25) is 0 Å². The van der Waals surface area contributed by atoms with Gasteiger partial charge in [0.15, 0.2) is 0 Å². The maximum absolute atomic E-state index is 12.1. The molecule has 0 rings (SSSR count). The third kappa shape index (κ3) is 20.3. The summed E-state index contributed by atoms with van der Waals surface area (Å²) in [5.41, 5.74) is 0. The van der Waals surface area contributed by atoms with Gasteiger partial charge in [-0.3, -0.25) is 14.4 Å². The van der Waals surface area contributed by atoms with Crippen LogP contribution in [0.1, 0.15) is 117 Å². The average Bonchev–Trinajstić information content (AvgIpc) is 2.76. The number of carboxylic acids is 1. The number of likely N-dealkylation sites (N-methyl/N-ethyl adjacent to an activating group) is 1. The second kappa shape index (κ2) is 22.6. The molecule has 0 fully saturated rings. The van der Waals surface area contributed by atoms with Crippen molar-refractivity contribution in [2.45, 2.75) is 123 Å². The predicted octanol–water partition coefficient (Wildman–Crippen LogP) is 4.54. The minimum absolute atomic E-state index is 0.0179. The summed E-state index contributed by atoms with van der Waals surface area (Å²) < 4.78 is 0. The molecule has 0 spiro atoms. The second-order valence-corrected chi connectivity index (χ2v) is 8.68. The quantitative estimate of drug-likeness (QED) is 0.169. The van der Waals surface area contributed by atoms with Crippen molar-refractivity contribution >= 4 is 17.8 Å². The SMILES string of the molecule is CCCCCCCCCCCC(=O)NCCCCCCNC(=O)C(CCC(=O)O)NCC. The summed E-state index contributed by atoms with van der Waals surface area (Å²) in [5, 5.41) is 17.7. The maximum Gasteiger partial charge on any atom is 0.303 e. The fraction of sp³-hybridized carbons (Fsp3) is 0.880. The van der Waals surface area contributed by atoms with Crippen LogP contribution in [0, 0.1) is 0 Å². The first kappa shape index (κ1) is 30.4. The second-order valence-electron chi connectivity index (χ2n) is 8.68. The molecule has 0 aromatic rings. The van der Waals surface area contributed by atoms with E-state index in [9.17, 15) is 14.4 Å². The summed E-state index contributed by atoms with van der Waals surface area (Å²) in [7, 11) is 0. The fourth-order valence-corrected chi connectivity index (χ4v) is 3.69. The molecule has 32 heavy (non-hydrogen) atoms. The third-order valence-corrected chi connectivity index (χ3v) is 5.65. The largest absolute Gasteiger partial charge is 0.481 e. The summed E-state index contributed by atoms with van der Waals surface area (Å²) in [6, 6.07) is -0.447. The third-order valence-electron chi connectivity index (χ3n) is 5.65. The van der Waals surface area contributed by atoms with Crippen molar-refractivity contribution in [1.82, 2.24) is 16.0 Å². The summed E-state index contributed by atoms with van der Waals surface area (Å²) >= 11 is 0. The Morgan fingerprint density at radius 1 is 0.688 bits per heavy atom. The van der Waals surface area contributed by atoms with E-state index in [1.165, 1.54) is 44.9 Å². The zero-order valence-electron chi connectivity index (χ0n) is 20.7. The highest BCUT2D eigenvalue weighted by Crippen LogP contribution is 2.10. The van der Waals surface area contributed by atoms with Crippen molar-refractivity contribution in [2.75, 3.05) is 19.6 Å². The molecule has 7 heteroatoms. The van der Waals surface area contributed by atoms with Crippen molar-refractivity contribution in [1.29, 1.82) is 0 Å². The van der Waals surface area contributed by atoms with E-state index in [4.69, 9.17) is 5.11 Å². The minimum Gasteiger partial charge on any atom is -0.481 e. The number of carbonyl (C=O) groups excluding carboxylic acids is 2.